The Labute approximate surface area is 106 Å². The van der Waals surface area contributed by atoms with Crippen LogP contribution in [0, 0.1) is 5.92 Å². The Balaban J connectivity index is 1.97. The molecule has 1 aromatic rings. The van der Waals surface area contributed by atoms with Crippen molar-refractivity contribution < 1.29 is 4.79 Å². The Morgan fingerprint density at radius 1 is 1.47 bits per heavy atom. The second-order valence-electron chi connectivity index (χ2n) is 4.67. The number of halogens is 1. The molecule has 0 saturated heterocycles. The molecule has 2 atom stereocenters. The van der Waals surface area contributed by atoms with Crippen molar-refractivity contribution in [2.24, 2.45) is 5.92 Å². The van der Waals surface area contributed by atoms with Crippen LogP contribution in [-0.4, -0.2) is 21.9 Å². The van der Waals surface area contributed by atoms with Crippen LogP contribution in [0.1, 0.15) is 43.1 Å². The highest BCUT2D eigenvalue weighted by Gasteiger charge is 2.21. The van der Waals surface area contributed by atoms with Crippen molar-refractivity contribution in [3.8, 4) is 0 Å². The van der Waals surface area contributed by atoms with Gasteiger partial charge in [-0.2, -0.15) is 0 Å². The summed E-state index contributed by atoms with van der Waals surface area (Å²) in [5.74, 6) is 0.499. The number of carbonyl (C=O) groups is 1. The third-order valence-corrected chi connectivity index (χ3v) is 3.29. The number of rotatable bonds is 2. The summed E-state index contributed by atoms with van der Waals surface area (Å²) < 4.78 is 0. The first-order valence-electron chi connectivity index (χ1n) is 5.93. The predicted octanol–water partition coefficient (Wildman–Crippen LogP) is 2.44. The highest BCUT2D eigenvalue weighted by Crippen LogP contribution is 2.23. The molecule has 2 rings (SSSR count). The lowest BCUT2D eigenvalue weighted by atomic mass is 9.87. The van der Waals surface area contributed by atoms with E-state index in [1.165, 1.54) is 25.2 Å². The van der Waals surface area contributed by atoms with Gasteiger partial charge in [0.2, 0.25) is 0 Å². The van der Waals surface area contributed by atoms with Crippen LogP contribution in [0.25, 0.3) is 0 Å². The van der Waals surface area contributed by atoms with Crippen molar-refractivity contribution in [2.75, 3.05) is 0 Å². The van der Waals surface area contributed by atoms with Crippen LogP contribution < -0.4 is 5.32 Å². The summed E-state index contributed by atoms with van der Waals surface area (Å²) >= 11 is 5.70. The SMILES string of the molecule is CC1CCCC(NC(=O)c2cncc(Cl)n2)C1. The van der Waals surface area contributed by atoms with Gasteiger partial charge in [-0.05, 0) is 18.8 Å². The topological polar surface area (TPSA) is 54.9 Å². The van der Waals surface area contributed by atoms with Crippen LogP contribution >= 0.6 is 11.6 Å². The van der Waals surface area contributed by atoms with Gasteiger partial charge in [0.05, 0.1) is 12.4 Å². The average Bonchev–Trinajstić information content (AvgIpc) is 2.29. The van der Waals surface area contributed by atoms with E-state index in [1.807, 2.05) is 0 Å². The van der Waals surface area contributed by atoms with Crippen LogP contribution in [0.4, 0.5) is 0 Å². The second kappa shape index (κ2) is 5.45. The molecule has 1 fully saturated rings. The van der Waals surface area contributed by atoms with Gasteiger partial charge >= 0.3 is 0 Å². The summed E-state index contributed by atoms with van der Waals surface area (Å²) in [7, 11) is 0. The normalized spacial score (nSPS) is 24.4. The van der Waals surface area contributed by atoms with E-state index in [2.05, 4.69) is 22.2 Å². The fourth-order valence-electron chi connectivity index (χ4n) is 2.28. The molecule has 0 spiro atoms. The van der Waals surface area contributed by atoms with Gasteiger partial charge < -0.3 is 5.32 Å². The van der Waals surface area contributed by atoms with E-state index in [0.717, 1.165) is 12.8 Å². The molecule has 1 aliphatic rings. The van der Waals surface area contributed by atoms with Gasteiger partial charge in [0, 0.05) is 6.04 Å². The van der Waals surface area contributed by atoms with Crippen LogP contribution in [0.2, 0.25) is 5.15 Å². The van der Waals surface area contributed by atoms with Crippen LogP contribution in [0.15, 0.2) is 12.4 Å². The Bertz CT molecular complexity index is 410. The summed E-state index contributed by atoms with van der Waals surface area (Å²) in [5.41, 5.74) is 0.288. The summed E-state index contributed by atoms with van der Waals surface area (Å²) in [6.45, 7) is 2.22. The van der Waals surface area contributed by atoms with Gasteiger partial charge in [-0.1, -0.05) is 31.4 Å². The molecule has 1 aromatic heterocycles. The van der Waals surface area contributed by atoms with E-state index in [9.17, 15) is 4.79 Å². The molecule has 5 heteroatoms. The zero-order valence-corrected chi connectivity index (χ0v) is 10.6. The molecule has 0 bridgehead atoms. The second-order valence-corrected chi connectivity index (χ2v) is 5.06. The van der Waals surface area contributed by atoms with E-state index in [-0.39, 0.29) is 22.8 Å². The Morgan fingerprint density at radius 2 is 2.29 bits per heavy atom. The van der Waals surface area contributed by atoms with Crippen molar-refractivity contribution >= 4 is 17.5 Å². The number of carbonyl (C=O) groups excluding carboxylic acids is 1. The molecule has 92 valence electrons. The van der Waals surface area contributed by atoms with Crippen molar-refractivity contribution in [1.29, 1.82) is 0 Å². The maximum absolute atomic E-state index is 11.9. The lowest BCUT2D eigenvalue weighted by Gasteiger charge is -2.27. The smallest absolute Gasteiger partial charge is 0.271 e. The molecule has 1 aliphatic carbocycles. The summed E-state index contributed by atoms with van der Waals surface area (Å²) in [5, 5.41) is 3.24. The standard InChI is InChI=1S/C12H16ClN3O/c1-8-3-2-4-9(5-8)15-12(17)10-6-14-7-11(13)16-10/h6-9H,2-5H2,1H3,(H,15,17). The van der Waals surface area contributed by atoms with Gasteiger partial charge in [0.25, 0.3) is 5.91 Å². The van der Waals surface area contributed by atoms with E-state index in [1.54, 1.807) is 0 Å². The number of nitrogens with zero attached hydrogens (tertiary/aromatic N) is 2. The summed E-state index contributed by atoms with van der Waals surface area (Å²) in [4.78, 5) is 19.7. The number of nitrogens with one attached hydrogen (secondary N) is 1. The molecule has 0 aromatic carbocycles. The Hall–Kier alpha value is -1.16. The minimum absolute atomic E-state index is 0.181. The molecule has 2 unspecified atom stereocenters. The highest BCUT2D eigenvalue weighted by atomic mass is 35.5. The van der Waals surface area contributed by atoms with Gasteiger partial charge in [0.15, 0.2) is 0 Å². The fourth-order valence-corrected chi connectivity index (χ4v) is 2.42. The molecule has 1 saturated carbocycles. The van der Waals surface area contributed by atoms with E-state index < -0.39 is 0 Å². The van der Waals surface area contributed by atoms with Gasteiger partial charge in [-0.15, -0.1) is 0 Å². The van der Waals surface area contributed by atoms with E-state index >= 15 is 0 Å². The largest absolute Gasteiger partial charge is 0.348 e. The monoisotopic (exact) mass is 253 g/mol. The number of aromatic nitrogens is 2. The molecule has 1 heterocycles. The van der Waals surface area contributed by atoms with Gasteiger partial charge in [-0.3, -0.25) is 9.78 Å². The predicted molar refractivity (Wildman–Crippen MR) is 65.9 cm³/mol. The van der Waals surface area contributed by atoms with Crippen molar-refractivity contribution in [3.05, 3.63) is 23.2 Å². The number of amides is 1. The number of hydrogen-bond donors (Lipinski definition) is 1. The summed E-state index contributed by atoms with van der Waals surface area (Å²) in [6.07, 6.45) is 7.37. The van der Waals surface area contributed by atoms with Crippen molar-refractivity contribution in [3.63, 3.8) is 0 Å². The zero-order valence-electron chi connectivity index (χ0n) is 9.82. The first-order chi connectivity index (χ1) is 8.15. The van der Waals surface area contributed by atoms with Crippen LogP contribution in [0.5, 0.6) is 0 Å². The highest BCUT2D eigenvalue weighted by molar-refractivity contribution is 6.29. The lowest BCUT2D eigenvalue weighted by molar-refractivity contribution is 0.0916. The van der Waals surface area contributed by atoms with E-state index in [0.29, 0.717) is 5.92 Å². The average molecular weight is 254 g/mol. The Morgan fingerprint density at radius 3 is 3.00 bits per heavy atom. The van der Waals surface area contributed by atoms with Gasteiger partial charge in [0.1, 0.15) is 10.8 Å². The van der Waals surface area contributed by atoms with E-state index in [4.69, 9.17) is 11.6 Å². The fraction of sp³-hybridized carbons (Fsp3) is 0.583. The lowest BCUT2D eigenvalue weighted by Crippen LogP contribution is -2.38. The first kappa shape index (κ1) is 12.3. The molecular weight excluding hydrogens is 238 g/mol. The maximum atomic E-state index is 11.9. The zero-order chi connectivity index (χ0) is 12.3. The maximum Gasteiger partial charge on any atom is 0.271 e. The molecule has 17 heavy (non-hydrogen) atoms. The quantitative estimate of drug-likeness (QED) is 0.881. The van der Waals surface area contributed by atoms with Crippen molar-refractivity contribution in [2.45, 2.75) is 38.6 Å². The minimum atomic E-state index is -0.181. The Kier molecular flexibility index (Phi) is 3.94. The molecule has 0 radical (unpaired) electrons. The van der Waals surface area contributed by atoms with Gasteiger partial charge in [-0.25, -0.2) is 4.98 Å². The third kappa shape index (κ3) is 3.40. The third-order valence-electron chi connectivity index (χ3n) is 3.11. The molecular formula is C12H16ClN3O. The first-order valence-corrected chi connectivity index (χ1v) is 6.31. The molecule has 4 nitrogen and oxygen atoms in total. The molecule has 1 amide bonds. The molecule has 1 N–H and O–H groups in total. The minimum Gasteiger partial charge on any atom is -0.348 e. The molecule has 0 aliphatic heterocycles. The summed E-state index contributed by atoms with van der Waals surface area (Å²) in [6, 6.07) is 0.257. The van der Waals surface area contributed by atoms with Crippen LogP contribution in [-0.2, 0) is 0 Å². The van der Waals surface area contributed by atoms with Crippen LogP contribution in [0.3, 0.4) is 0 Å². The number of hydrogen-bond acceptors (Lipinski definition) is 3. The van der Waals surface area contributed by atoms with Crippen molar-refractivity contribution in [1.82, 2.24) is 15.3 Å².